The number of carbonyl (C=O) groups is 2. The number of anilines is 3. The highest BCUT2D eigenvalue weighted by Gasteiger charge is 2.21. The lowest BCUT2D eigenvalue weighted by molar-refractivity contribution is 0.252. The van der Waals surface area contributed by atoms with Gasteiger partial charge in [-0.25, -0.2) is 14.3 Å². The quantitative estimate of drug-likeness (QED) is 0.666. The summed E-state index contributed by atoms with van der Waals surface area (Å²) < 4.78 is 1.68. The highest BCUT2D eigenvalue weighted by Crippen LogP contribution is 2.21. The average Bonchev–Trinajstić information content (AvgIpc) is 3.31. The van der Waals surface area contributed by atoms with Gasteiger partial charge in [-0.3, -0.25) is 4.90 Å². The van der Waals surface area contributed by atoms with E-state index in [1.807, 2.05) is 36.4 Å². The van der Waals surface area contributed by atoms with Gasteiger partial charge in [0, 0.05) is 24.5 Å². The third kappa shape index (κ3) is 3.74. The zero-order valence-electron chi connectivity index (χ0n) is 14.4. The first-order valence-electron chi connectivity index (χ1n) is 8.52. The minimum Gasteiger partial charge on any atom is -0.336 e. The SMILES string of the molecule is O=C(Nc1cccc(N2CCNC2=O)c1)Nc1cnn(-c2ccccc2)c1. The molecule has 1 aliphatic heterocycles. The zero-order valence-corrected chi connectivity index (χ0v) is 14.4. The third-order valence-electron chi connectivity index (χ3n) is 4.13. The number of nitrogens with one attached hydrogen (secondary N) is 3. The molecule has 3 N–H and O–H groups in total. The van der Waals surface area contributed by atoms with E-state index in [0.29, 0.717) is 24.5 Å². The molecule has 2 aromatic carbocycles. The van der Waals surface area contributed by atoms with E-state index >= 15 is 0 Å². The molecule has 1 aromatic heterocycles. The molecule has 8 heteroatoms. The smallest absolute Gasteiger partial charge is 0.323 e. The summed E-state index contributed by atoms with van der Waals surface area (Å²) in [4.78, 5) is 25.7. The molecule has 136 valence electrons. The lowest BCUT2D eigenvalue weighted by Crippen LogP contribution is -2.27. The summed E-state index contributed by atoms with van der Waals surface area (Å²) >= 11 is 0. The van der Waals surface area contributed by atoms with E-state index in [0.717, 1.165) is 11.4 Å². The van der Waals surface area contributed by atoms with Crippen LogP contribution in [0.25, 0.3) is 5.69 Å². The Balaban J connectivity index is 1.41. The van der Waals surface area contributed by atoms with Gasteiger partial charge in [-0.15, -0.1) is 0 Å². The first kappa shape index (κ1) is 16.6. The normalized spacial score (nSPS) is 13.3. The van der Waals surface area contributed by atoms with Crippen molar-refractivity contribution in [2.75, 3.05) is 28.6 Å². The Morgan fingerprint density at radius 3 is 2.56 bits per heavy atom. The van der Waals surface area contributed by atoms with Crippen molar-refractivity contribution in [1.82, 2.24) is 15.1 Å². The molecule has 0 bridgehead atoms. The zero-order chi connectivity index (χ0) is 18.6. The van der Waals surface area contributed by atoms with Crippen LogP contribution in [-0.2, 0) is 0 Å². The number of hydrogen-bond donors (Lipinski definition) is 3. The highest BCUT2D eigenvalue weighted by atomic mass is 16.2. The molecule has 8 nitrogen and oxygen atoms in total. The summed E-state index contributed by atoms with van der Waals surface area (Å²) in [5, 5.41) is 12.5. The Morgan fingerprint density at radius 1 is 1.00 bits per heavy atom. The van der Waals surface area contributed by atoms with Crippen LogP contribution in [0.5, 0.6) is 0 Å². The van der Waals surface area contributed by atoms with Crippen LogP contribution < -0.4 is 20.9 Å². The second-order valence-corrected chi connectivity index (χ2v) is 6.02. The van der Waals surface area contributed by atoms with Crippen LogP contribution in [0.2, 0.25) is 0 Å². The van der Waals surface area contributed by atoms with Gasteiger partial charge in [0.25, 0.3) is 0 Å². The first-order chi connectivity index (χ1) is 13.2. The van der Waals surface area contributed by atoms with Gasteiger partial charge in [0.15, 0.2) is 0 Å². The van der Waals surface area contributed by atoms with Crippen molar-refractivity contribution in [3.63, 3.8) is 0 Å². The molecule has 0 spiro atoms. The van der Waals surface area contributed by atoms with Gasteiger partial charge in [0.1, 0.15) is 0 Å². The van der Waals surface area contributed by atoms with Gasteiger partial charge in [0.05, 0.1) is 23.8 Å². The standard InChI is InChI=1S/C19H18N6O2/c26-18(23-15-12-21-25(13-15)16-6-2-1-3-7-16)22-14-5-4-8-17(11-14)24-10-9-20-19(24)27/h1-8,11-13H,9-10H2,(H,20,27)(H2,22,23,26). The predicted molar refractivity (Wildman–Crippen MR) is 103 cm³/mol. The van der Waals surface area contributed by atoms with E-state index in [4.69, 9.17) is 0 Å². The molecule has 4 amide bonds. The molecule has 1 saturated heterocycles. The van der Waals surface area contributed by atoms with Gasteiger partial charge >= 0.3 is 12.1 Å². The summed E-state index contributed by atoms with van der Waals surface area (Å²) in [5.74, 6) is 0. The number of nitrogens with zero attached hydrogens (tertiary/aromatic N) is 3. The molecular formula is C19H18N6O2. The third-order valence-corrected chi connectivity index (χ3v) is 4.13. The summed E-state index contributed by atoms with van der Waals surface area (Å²) in [6.45, 7) is 1.22. The maximum atomic E-state index is 12.3. The lowest BCUT2D eigenvalue weighted by Gasteiger charge is -2.15. The minimum absolute atomic E-state index is 0.134. The molecule has 0 saturated carbocycles. The number of hydrogen-bond acceptors (Lipinski definition) is 3. The topological polar surface area (TPSA) is 91.3 Å². The Morgan fingerprint density at radius 2 is 1.78 bits per heavy atom. The van der Waals surface area contributed by atoms with E-state index in [1.165, 1.54) is 0 Å². The summed E-state index contributed by atoms with van der Waals surface area (Å²) in [6, 6.07) is 16.3. The van der Waals surface area contributed by atoms with Crippen LogP contribution in [-0.4, -0.2) is 34.9 Å². The second kappa shape index (κ2) is 7.20. The van der Waals surface area contributed by atoms with E-state index in [2.05, 4.69) is 21.0 Å². The highest BCUT2D eigenvalue weighted by molar-refractivity contribution is 6.00. The van der Waals surface area contributed by atoms with Gasteiger partial charge in [-0.05, 0) is 30.3 Å². The predicted octanol–water partition coefficient (Wildman–Crippen LogP) is 3.05. The van der Waals surface area contributed by atoms with E-state index in [1.54, 1.807) is 40.2 Å². The molecule has 27 heavy (non-hydrogen) atoms. The first-order valence-corrected chi connectivity index (χ1v) is 8.52. The second-order valence-electron chi connectivity index (χ2n) is 6.02. The molecule has 0 unspecified atom stereocenters. The van der Waals surface area contributed by atoms with E-state index < -0.39 is 0 Å². The van der Waals surface area contributed by atoms with Crippen LogP contribution >= 0.6 is 0 Å². The molecular weight excluding hydrogens is 344 g/mol. The van der Waals surface area contributed by atoms with Gasteiger partial charge < -0.3 is 16.0 Å². The number of amides is 4. The Kier molecular flexibility index (Phi) is 4.44. The molecule has 3 aromatic rings. The van der Waals surface area contributed by atoms with Crippen molar-refractivity contribution >= 4 is 29.1 Å². The van der Waals surface area contributed by atoms with Crippen LogP contribution in [0.4, 0.5) is 26.7 Å². The lowest BCUT2D eigenvalue weighted by atomic mass is 10.2. The number of urea groups is 2. The molecule has 4 rings (SSSR count). The number of benzene rings is 2. The van der Waals surface area contributed by atoms with Crippen LogP contribution in [0, 0.1) is 0 Å². The minimum atomic E-state index is -0.384. The summed E-state index contributed by atoms with van der Waals surface area (Å²) in [5.41, 5.74) is 2.81. The average molecular weight is 362 g/mol. The van der Waals surface area contributed by atoms with E-state index in [-0.39, 0.29) is 12.1 Å². The van der Waals surface area contributed by atoms with E-state index in [9.17, 15) is 9.59 Å². The summed E-state index contributed by atoms with van der Waals surface area (Å²) in [6.07, 6.45) is 3.32. The van der Waals surface area contributed by atoms with Crippen molar-refractivity contribution in [1.29, 1.82) is 0 Å². The molecule has 1 fully saturated rings. The fraction of sp³-hybridized carbons (Fsp3) is 0.105. The maximum Gasteiger partial charge on any atom is 0.323 e. The monoisotopic (exact) mass is 362 g/mol. The Hall–Kier alpha value is -3.81. The Labute approximate surface area is 155 Å². The van der Waals surface area contributed by atoms with Gasteiger partial charge in [0.2, 0.25) is 0 Å². The van der Waals surface area contributed by atoms with Crippen molar-refractivity contribution < 1.29 is 9.59 Å². The number of para-hydroxylation sites is 1. The fourth-order valence-corrected chi connectivity index (χ4v) is 2.87. The Bertz CT molecular complexity index is 969. The maximum absolute atomic E-state index is 12.3. The van der Waals surface area contributed by atoms with Crippen molar-refractivity contribution in [3.05, 3.63) is 67.0 Å². The fourth-order valence-electron chi connectivity index (χ4n) is 2.87. The van der Waals surface area contributed by atoms with Crippen molar-refractivity contribution in [2.45, 2.75) is 0 Å². The number of aromatic nitrogens is 2. The number of rotatable bonds is 4. The van der Waals surface area contributed by atoms with Crippen molar-refractivity contribution in [2.24, 2.45) is 0 Å². The van der Waals surface area contributed by atoms with Gasteiger partial charge in [-0.2, -0.15) is 5.10 Å². The van der Waals surface area contributed by atoms with Crippen LogP contribution in [0.1, 0.15) is 0 Å². The molecule has 2 heterocycles. The summed E-state index contributed by atoms with van der Waals surface area (Å²) in [7, 11) is 0. The molecule has 0 aliphatic carbocycles. The van der Waals surface area contributed by atoms with Crippen LogP contribution in [0.15, 0.2) is 67.0 Å². The van der Waals surface area contributed by atoms with Gasteiger partial charge in [-0.1, -0.05) is 24.3 Å². The molecule has 0 atom stereocenters. The molecule has 0 radical (unpaired) electrons. The number of carbonyl (C=O) groups excluding carboxylic acids is 2. The largest absolute Gasteiger partial charge is 0.336 e. The molecule has 1 aliphatic rings. The van der Waals surface area contributed by atoms with Crippen molar-refractivity contribution in [3.8, 4) is 5.69 Å². The van der Waals surface area contributed by atoms with Crippen LogP contribution in [0.3, 0.4) is 0 Å².